The Morgan fingerprint density at radius 3 is 2.53 bits per heavy atom. The fourth-order valence-electron chi connectivity index (χ4n) is 4.30. The summed E-state index contributed by atoms with van der Waals surface area (Å²) < 4.78 is 32.5. The SMILES string of the molecule is COC(=O)c1ccnc(N2CCCN(C(=O)NC(Cc3cccc(F)c3)c3cccc(F)c3)CC2)c1. The third-order valence-electron chi connectivity index (χ3n) is 6.15. The van der Waals surface area contributed by atoms with E-state index >= 15 is 0 Å². The lowest BCUT2D eigenvalue weighted by molar-refractivity contribution is 0.0600. The van der Waals surface area contributed by atoms with Gasteiger partial charge in [0.05, 0.1) is 18.7 Å². The van der Waals surface area contributed by atoms with Crippen LogP contribution in [0.2, 0.25) is 0 Å². The molecule has 7 nitrogen and oxygen atoms in total. The average Bonchev–Trinajstić information content (AvgIpc) is 3.14. The van der Waals surface area contributed by atoms with Crippen LogP contribution in [0.5, 0.6) is 0 Å². The van der Waals surface area contributed by atoms with E-state index in [-0.39, 0.29) is 11.8 Å². The summed E-state index contributed by atoms with van der Waals surface area (Å²) in [5, 5.41) is 3.01. The van der Waals surface area contributed by atoms with Gasteiger partial charge >= 0.3 is 12.0 Å². The molecule has 1 aromatic heterocycles. The first-order valence-corrected chi connectivity index (χ1v) is 11.8. The number of halogens is 2. The summed E-state index contributed by atoms with van der Waals surface area (Å²) >= 11 is 0. The Morgan fingerprint density at radius 1 is 1.00 bits per heavy atom. The van der Waals surface area contributed by atoms with E-state index in [1.165, 1.54) is 31.4 Å². The Bertz CT molecular complexity index is 1220. The van der Waals surface area contributed by atoms with Gasteiger partial charge in [0.2, 0.25) is 0 Å². The normalized spacial score (nSPS) is 14.6. The number of nitrogens with zero attached hydrogens (tertiary/aromatic N) is 3. The van der Waals surface area contributed by atoms with E-state index in [0.717, 1.165) is 0 Å². The van der Waals surface area contributed by atoms with Crippen LogP contribution in [0.4, 0.5) is 19.4 Å². The number of methoxy groups -OCH3 is 1. The summed E-state index contributed by atoms with van der Waals surface area (Å²) in [6.45, 7) is 2.15. The lowest BCUT2D eigenvalue weighted by Gasteiger charge is -2.26. The number of ether oxygens (including phenoxy) is 1. The molecule has 0 aliphatic carbocycles. The van der Waals surface area contributed by atoms with Gasteiger partial charge in [-0.3, -0.25) is 0 Å². The van der Waals surface area contributed by atoms with Crippen LogP contribution in [-0.4, -0.2) is 55.2 Å². The monoisotopic (exact) mass is 494 g/mol. The molecule has 36 heavy (non-hydrogen) atoms. The number of esters is 1. The van der Waals surface area contributed by atoms with Crippen LogP contribution < -0.4 is 10.2 Å². The van der Waals surface area contributed by atoms with Crippen molar-refractivity contribution in [2.75, 3.05) is 38.2 Å². The molecule has 1 N–H and O–H groups in total. The quantitative estimate of drug-likeness (QED) is 0.516. The number of nitrogens with one attached hydrogen (secondary N) is 1. The molecule has 0 saturated carbocycles. The molecule has 1 atom stereocenters. The van der Waals surface area contributed by atoms with Crippen molar-refractivity contribution >= 4 is 17.8 Å². The zero-order valence-corrected chi connectivity index (χ0v) is 20.0. The van der Waals surface area contributed by atoms with Crippen molar-refractivity contribution in [2.24, 2.45) is 0 Å². The molecule has 9 heteroatoms. The van der Waals surface area contributed by atoms with Crippen LogP contribution in [-0.2, 0) is 11.2 Å². The number of amides is 2. The van der Waals surface area contributed by atoms with Crippen molar-refractivity contribution in [1.82, 2.24) is 15.2 Å². The molecule has 4 rings (SSSR count). The van der Waals surface area contributed by atoms with E-state index in [9.17, 15) is 18.4 Å². The molecule has 1 unspecified atom stereocenters. The summed E-state index contributed by atoms with van der Waals surface area (Å²) in [5.41, 5.74) is 1.72. The third-order valence-corrected chi connectivity index (χ3v) is 6.15. The third kappa shape index (κ3) is 6.35. The molecule has 0 spiro atoms. The second-order valence-electron chi connectivity index (χ2n) is 8.61. The van der Waals surface area contributed by atoms with Crippen molar-refractivity contribution in [3.8, 4) is 0 Å². The molecular formula is C27H28F2N4O3. The molecule has 1 aliphatic heterocycles. The summed E-state index contributed by atoms with van der Waals surface area (Å²) in [7, 11) is 1.33. The van der Waals surface area contributed by atoms with E-state index in [2.05, 4.69) is 10.3 Å². The van der Waals surface area contributed by atoms with E-state index in [4.69, 9.17) is 4.74 Å². The number of aromatic nitrogens is 1. The topological polar surface area (TPSA) is 74.8 Å². The lowest BCUT2D eigenvalue weighted by Crippen LogP contribution is -2.44. The zero-order chi connectivity index (χ0) is 25.5. The molecule has 1 fully saturated rings. The standard InChI is InChI=1S/C27H28F2N4O3/c1-36-26(34)21-9-10-30-25(18-21)32-11-4-12-33(14-13-32)27(35)31-24(20-6-3-8-23(29)17-20)16-19-5-2-7-22(28)15-19/h2-3,5-10,15,17-18,24H,4,11-14,16H2,1H3,(H,31,35). The summed E-state index contributed by atoms with van der Waals surface area (Å²) in [5.74, 6) is -0.563. The predicted molar refractivity (Wildman–Crippen MR) is 132 cm³/mol. The smallest absolute Gasteiger partial charge is 0.338 e. The van der Waals surface area contributed by atoms with Crippen molar-refractivity contribution in [1.29, 1.82) is 0 Å². The number of pyridine rings is 1. The van der Waals surface area contributed by atoms with Gasteiger partial charge in [-0.1, -0.05) is 24.3 Å². The van der Waals surface area contributed by atoms with Crippen LogP contribution in [0.1, 0.15) is 33.9 Å². The van der Waals surface area contributed by atoms with Crippen molar-refractivity contribution in [3.63, 3.8) is 0 Å². The van der Waals surface area contributed by atoms with E-state index < -0.39 is 17.8 Å². The number of anilines is 1. The van der Waals surface area contributed by atoms with E-state index in [1.54, 1.807) is 47.5 Å². The number of hydrogen-bond acceptors (Lipinski definition) is 5. The number of carbonyl (C=O) groups excluding carboxylic acids is 2. The van der Waals surface area contributed by atoms with Gasteiger partial charge < -0.3 is 19.9 Å². The van der Waals surface area contributed by atoms with Crippen molar-refractivity contribution in [2.45, 2.75) is 18.9 Å². The minimum Gasteiger partial charge on any atom is -0.465 e. The zero-order valence-electron chi connectivity index (χ0n) is 20.0. The number of carbonyl (C=O) groups is 2. The van der Waals surface area contributed by atoms with Gasteiger partial charge in [0, 0.05) is 32.4 Å². The molecule has 2 amide bonds. The Balaban J connectivity index is 1.46. The molecule has 2 aromatic carbocycles. The minimum absolute atomic E-state index is 0.279. The van der Waals surface area contributed by atoms with Crippen LogP contribution in [0.25, 0.3) is 0 Å². The van der Waals surface area contributed by atoms with Gasteiger partial charge in [-0.05, 0) is 60.4 Å². The number of urea groups is 1. The van der Waals surface area contributed by atoms with Crippen LogP contribution in [0.3, 0.4) is 0 Å². The first-order valence-electron chi connectivity index (χ1n) is 11.8. The van der Waals surface area contributed by atoms with Gasteiger partial charge in [0.15, 0.2) is 0 Å². The van der Waals surface area contributed by atoms with Crippen molar-refractivity contribution in [3.05, 3.63) is 95.2 Å². The maximum Gasteiger partial charge on any atom is 0.338 e. The molecule has 3 aromatic rings. The van der Waals surface area contributed by atoms with Crippen LogP contribution in [0.15, 0.2) is 66.9 Å². The van der Waals surface area contributed by atoms with Gasteiger partial charge in [-0.25, -0.2) is 23.4 Å². The highest BCUT2D eigenvalue weighted by atomic mass is 19.1. The molecule has 1 aliphatic rings. The second-order valence-corrected chi connectivity index (χ2v) is 8.61. The Hall–Kier alpha value is -4.01. The van der Waals surface area contributed by atoms with Crippen LogP contribution >= 0.6 is 0 Å². The van der Waals surface area contributed by atoms with Gasteiger partial charge in [0.1, 0.15) is 17.5 Å². The predicted octanol–water partition coefficient (Wildman–Crippen LogP) is 4.35. The fraction of sp³-hybridized carbons (Fsp3) is 0.296. The fourth-order valence-corrected chi connectivity index (χ4v) is 4.30. The molecule has 2 heterocycles. The molecule has 0 bridgehead atoms. The highest BCUT2D eigenvalue weighted by Gasteiger charge is 2.24. The van der Waals surface area contributed by atoms with Crippen molar-refractivity contribution < 1.29 is 23.1 Å². The van der Waals surface area contributed by atoms with Crippen LogP contribution in [0, 0.1) is 11.6 Å². The van der Waals surface area contributed by atoms with Gasteiger partial charge in [-0.2, -0.15) is 0 Å². The lowest BCUT2D eigenvalue weighted by atomic mass is 9.98. The minimum atomic E-state index is -0.534. The van der Waals surface area contributed by atoms with E-state index in [1.807, 2.05) is 4.90 Å². The Labute approximate surface area is 208 Å². The average molecular weight is 495 g/mol. The first-order chi connectivity index (χ1) is 17.4. The maximum atomic E-state index is 14.0. The largest absolute Gasteiger partial charge is 0.465 e. The Morgan fingerprint density at radius 2 is 1.78 bits per heavy atom. The van der Waals surface area contributed by atoms with E-state index in [0.29, 0.717) is 61.5 Å². The maximum absolute atomic E-state index is 14.0. The molecular weight excluding hydrogens is 466 g/mol. The molecule has 0 radical (unpaired) electrons. The molecule has 1 saturated heterocycles. The number of rotatable bonds is 6. The highest BCUT2D eigenvalue weighted by Crippen LogP contribution is 2.21. The summed E-state index contributed by atoms with van der Waals surface area (Å²) in [6, 6.07) is 14.7. The number of benzene rings is 2. The highest BCUT2D eigenvalue weighted by molar-refractivity contribution is 5.90. The van der Waals surface area contributed by atoms with Gasteiger partial charge in [0.25, 0.3) is 0 Å². The number of hydrogen-bond donors (Lipinski definition) is 1. The first kappa shape index (κ1) is 25.1. The Kier molecular flexibility index (Phi) is 8.10. The summed E-state index contributed by atoms with van der Waals surface area (Å²) in [4.78, 5) is 33.2. The summed E-state index contributed by atoms with van der Waals surface area (Å²) in [6.07, 6.45) is 2.58. The second kappa shape index (κ2) is 11.6. The van der Waals surface area contributed by atoms with Gasteiger partial charge in [-0.15, -0.1) is 0 Å². The molecule has 188 valence electrons.